The van der Waals surface area contributed by atoms with Gasteiger partial charge in [-0.2, -0.15) is 5.26 Å². The largest absolute Gasteiger partial charge is 0.314 e. The molecular formula is C12H24N2. The molecular weight excluding hydrogens is 172 g/mol. The summed E-state index contributed by atoms with van der Waals surface area (Å²) >= 11 is 0. The average molecular weight is 196 g/mol. The van der Waals surface area contributed by atoms with E-state index in [-0.39, 0.29) is 5.41 Å². The summed E-state index contributed by atoms with van der Waals surface area (Å²) in [6.07, 6.45) is 4.58. The third kappa shape index (κ3) is 5.99. The second-order valence-corrected chi connectivity index (χ2v) is 4.59. The van der Waals surface area contributed by atoms with Crippen molar-refractivity contribution in [3.05, 3.63) is 0 Å². The molecule has 0 aromatic heterocycles. The second-order valence-electron chi connectivity index (χ2n) is 4.59. The molecule has 1 N–H and O–H groups in total. The summed E-state index contributed by atoms with van der Waals surface area (Å²) in [5.41, 5.74) is -0.183. The molecule has 0 aliphatic heterocycles. The highest BCUT2D eigenvalue weighted by molar-refractivity contribution is 4.91. The fourth-order valence-electron chi connectivity index (χ4n) is 1.44. The first kappa shape index (κ1) is 13.4. The van der Waals surface area contributed by atoms with Gasteiger partial charge in [0.2, 0.25) is 0 Å². The summed E-state index contributed by atoms with van der Waals surface area (Å²) in [6, 6.07) is 2.96. The van der Waals surface area contributed by atoms with Gasteiger partial charge < -0.3 is 5.32 Å². The zero-order valence-corrected chi connectivity index (χ0v) is 10.1. The highest BCUT2D eigenvalue weighted by Gasteiger charge is 2.16. The molecule has 0 amide bonds. The van der Waals surface area contributed by atoms with Crippen molar-refractivity contribution in [3.63, 3.8) is 0 Å². The van der Waals surface area contributed by atoms with Crippen molar-refractivity contribution in [2.75, 3.05) is 6.54 Å². The molecule has 0 rings (SSSR count). The van der Waals surface area contributed by atoms with Gasteiger partial charge in [0.05, 0.1) is 11.5 Å². The molecule has 1 unspecified atom stereocenters. The van der Waals surface area contributed by atoms with E-state index >= 15 is 0 Å². The molecule has 0 saturated heterocycles. The molecule has 0 radical (unpaired) electrons. The molecule has 82 valence electrons. The topological polar surface area (TPSA) is 35.8 Å². The predicted molar refractivity (Wildman–Crippen MR) is 61.0 cm³/mol. The van der Waals surface area contributed by atoms with Gasteiger partial charge in [-0.15, -0.1) is 0 Å². The van der Waals surface area contributed by atoms with Gasteiger partial charge in [0.15, 0.2) is 0 Å². The Balaban J connectivity index is 3.67. The first-order chi connectivity index (χ1) is 6.55. The number of nitrogens with one attached hydrogen (secondary N) is 1. The van der Waals surface area contributed by atoms with Gasteiger partial charge >= 0.3 is 0 Å². The zero-order valence-electron chi connectivity index (χ0n) is 10.1. The Morgan fingerprint density at radius 2 is 2.00 bits per heavy atom. The molecule has 0 bridgehead atoms. The maximum absolute atomic E-state index is 8.84. The van der Waals surface area contributed by atoms with Crippen LogP contribution in [0, 0.1) is 16.7 Å². The van der Waals surface area contributed by atoms with E-state index in [1.54, 1.807) is 0 Å². The molecule has 0 heterocycles. The van der Waals surface area contributed by atoms with Crippen LogP contribution in [0.25, 0.3) is 0 Å². The van der Waals surface area contributed by atoms with Crippen LogP contribution in [0.3, 0.4) is 0 Å². The van der Waals surface area contributed by atoms with Gasteiger partial charge in [-0.25, -0.2) is 0 Å². The first-order valence-electron chi connectivity index (χ1n) is 5.70. The maximum atomic E-state index is 8.84. The van der Waals surface area contributed by atoms with Crippen LogP contribution < -0.4 is 5.32 Å². The third-order valence-corrected chi connectivity index (χ3v) is 2.62. The molecule has 14 heavy (non-hydrogen) atoms. The van der Waals surface area contributed by atoms with Crippen LogP contribution in [0.2, 0.25) is 0 Å². The number of rotatable bonds is 7. The fourth-order valence-corrected chi connectivity index (χ4v) is 1.44. The summed E-state index contributed by atoms with van der Waals surface area (Å²) < 4.78 is 0. The normalized spacial score (nSPS) is 13.6. The second kappa shape index (κ2) is 6.84. The number of hydrogen-bond donors (Lipinski definition) is 1. The maximum Gasteiger partial charge on any atom is 0.0684 e. The van der Waals surface area contributed by atoms with Gasteiger partial charge in [-0.05, 0) is 39.7 Å². The van der Waals surface area contributed by atoms with E-state index in [2.05, 4.69) is 25.2 Å². The van der Waals surface area contributed by atoms with Crippen molar-refractivity contribution in [2.24, 2.45) is 5.41 Å². The molecule has 0 aromatic rings. The van der Waals surface area contributed by atoms with Gasteiger partial charge in [-0.1, -0.05) is 20.3 Å². The van der Waals surface area contributed by atoms with E-state index in [0.29, 0.717) is 6.04 Å². The Morgan fingerprint density at radius 1 is 1.36 bits per heavy atom. The van der Waals surface area contributed by atoms with E-state index < -0.39 is 0 Å². The van der Waals surface area contributed by atoms with Crippen LogP contribution in [0.5, 0.6) is 0 Å². The Kier molecular flexibility index (Phi) is 6.57. The molecule has 0 spiro atoms. The lowest BCUT2D eigenvalue weighted by Crippen LogP contribution is -2.31. The summed E-state index contributed by atoms with van der Waals surface area (Å²) in [7, 11) is 0. The summed E-state index contributed by atoms with van der Waals surface area (Å²) in [4.78, 5) is 0. The van der Waals surface area contributed by atoms with Crippen LogP contribution in [-0.4, -0.2) is 12.6 Å². The van der Waals surface area contributed by atoms with E-state index in [4.69, 9.17) is 5.26 Å². The molecule has 1 atom stereocenters. The van der Waals surface area contributed by atoms with Gasteiger partial charge in [-0.3, -0.25) is 0 Å². The van der Waals surface area contributed by atoms with Crippen molar-refractivity contribution >= 4 is 0 Å². The summed E-state index contributed by atoms with van der Waals surface area (Å²) in [6.45, 7) is 9.37. The van der Waals surface area contributed by atoms with Crippen molar-refractivity contribution in [3.8, 4) is 6.07 Å². The smallest absolute Gasteiger partial charge is 0.0684 e. The van der Waals surface area contributed by atoms with Crippen LogP contribution in [-0.2, 0) is 0 Å². The van der Waals surface area contributed by atoms with Crippen LogP contribution >= 0.6 is 0 Å². The van der Waals surface area contributed by atoms with Gasteiger partial charge in [0.25, 0.3) is 0 Å². The van der Waals surface area contributed by atoms with Crippen LogP contribution in [0.15, 0.2) is 0 Å². The monoisotopic (exact) mass is 196 g/mol. The zero-order chi connectivity index (χ0) is 11.0. The molecule has 2 nitrogen and oxygen atoms in total. The minimum atomic E-state index is -0.183. The minimum Gasteiger partial charge on any atom is -0.314 e. The van der Waals surface area contributed by atoms with E-state index in [1.165, 1.54) is 19.3 Å². The Morgan fingerprint density at radius 3 is 2.43 bits per heavy atom. The van der Waals surface area contributed by atoms with Crippen molar-refractivity contribution in [2.45, 2.75) is 59.4 Å². The SMILES string of the molecule is CCCC(CC)NCCC(C)(C)C#N. The third-order valence-electron chi connectivity index (χ3n) is 2.62. The molecule has 0 aliphatic rings. The molecule has 0 aliphatic carbocycles. The predicted octanol–water partition coefficient (Wildman–Crippen LogP) is 3.09. The van der Waals surface area contributed by atoms with E-state index in [9.17, 15) is 0 Å². The lowest BCUT2D eigenvalue weighted by Gasteiger charge is -2.19. The molecule has 0 fully saturated rings. The highest BCUT2D eigenvalue weighted by atomic mass is 14.9. The average Bonchev–Trinajstić information content (AvgIpc) is 2.16. The highest BCUT2D eigenvalue weighted by Crippen LogP contribution is 2.17. The fraction of sp³-hybridized carbons (Fsp3) is 0.917. The van der Waals surface area contributed by atoms with Crippen LogP contribution in [0.4, 0.5) is 0 Å². The van der Waals surface area contributed by atoms with Gasteiger partial charge in [0.1, 0.15) is 0 Å². The molecule has 0 aromatic carbocycles. The summed E-state index contributed by atoms with van der Waals surface area (Å²) in [5.74, 6) is 0. The minimum absolute atomic E-state index is 0.183. The van der Waals surface area contributed by atoms with Crippen molar-refractivity contribution in [1.29, 1.82) is 5.26 Å². The Bertz CT molecular complexity index is 179. The first-order valence-corrected chi connectivity index (χ1v) is 5.70. The molecule has 2 heteroatoms. The number of nitrogens with zero attached hydrogens (tertiary/aromatic N) is 1. The summed E-state index contributed by atoms with van der Waals surface area (Å²) in [5, 5.41) is 12.4. The van der Waals surface area contributed by atoms with Crippen molar-refractivity contribution < 1.29 is 0 Å². The number of nitriles is 1. The Labute approximate surface area is 88.7 Å². The number of hydrogen-bond acceptors (Lipinski definition) is 2. The van der Waals surface area contributed by atoms with Crippen molar-refractivity contribution in [1.82, 2.24) is 5.32 Å². The standard InChI is InChI=1S/C12H24N2/c1-5-7-11(6-2)14-9-8-12(3,4)10-13/h11,14H,5-9H2,1-4H3. The lowest BCUT2D eigenvalue weighted by atomic mass is 9.91. The molecule has 0 saturated carbocycles. The Hall–Kier alpha value is -0.550. The lowest BCUT2D eigenvalue weighted by molar-refractivity contribution is 0.391. The quantitative estimate of drug-likeness (QED) is 0.679. The van der Waals surface area contributed by atoms with Crippen LogP contribution in [0.1, 0.15) is 53.4 Å². The van der Waals surface area contributed by atoms with Gasteiger partial charge in [0, 0.05) is 6.04 Å². The van der Waals surface area contributed by atoms with E-state index in [1.807, 2.05) is 13.8 Å². The van der Waals surface area contributed by atoms with E-state index in [0.717, 1.165) is 13.0 Å².